The molecule has 0 bridgehead atoms. The number of nitrogens with two attached hydrogens (primary N) is 1. The summed E-state index contributed by atoms with van der Waals surface area (Å²) < 4.78 is 0. The molecule has 1 nitrogen and oxygen atoms in total. The molecule has 92 valence electrons. The van der Waals surface area contributed by atoms with E-state index in [9.17, 15) is 0 Å². The molecule has 16 heavy (non-hydrogen) atoms. The van der Waals surface area contributed by atoms with Gasteiger partial charge in [0.15, 0.2) is 0 Å². The maximum Gasteiger partial charge on any atom is 0.0159 e. The average Bonchev–Trinajstić information content (AvgIpc) is 2.15. The van der Waals surface area contributed by atoms with Gasteiger partial charge in [-0.1, -0.05) is 25.5 Å². The average molecular weight is 221 g/mol. The number of fused-ring (bicyclic) bond motifs is 1. The molecule has 0 saturated heterocycles. The molecule has 0 aromatic rings. The molecule has 0 aromatic carbocycles. The van der Waals surface area contributed by atoms with Crippen LogP contribution < -0.4 is 5.73 Å². The van der Waals surface area contributed by atoms with Crippen molar-refractivity contribution < 1.29 is 0 Å². The van der Waals surface area contributed by atoms with Crippen molar-refractivity contribution in [2.75, 3.05) is 0 Å². The van der Waals surface area contributed by atoms with Gasteiger partial charge in [-0.05, 0) is 63.2 Å². The van der Waals surface area contributed by atoms with Gasteiger partial charge in [-0.2, -0.15) is 0 Å². The Hall–Kier alpha value is -0.300. The van der Waals surface area contributed by atoms with E-state index in [0.717, 1.165) is 5.92 Å². The maximum absolute atomic E-state index is 6.55. The Kier molecular flexibility index (Phi) is 2.94. The first-order valence-electron chi connectivity index (χ1n) is 6.79. The Labute approximate surface area is 100 Å². The first-order valence-corrected chi connectivity index (χ1v) is 6.79. The lowest BCUT2D eigenvalue weighted by Crippen LogP contribution is -2.56. The van der Waals surface area contributed by atoms with Gasteiger partial charge in [0, 0.05) is 5.54 Å². The van der Waals surface area contributed by atoms with Crippen LogP contribution in [-0.4, -0.2) is 5.54 Å². The minimum absolute atomic E-state index is 0.0567. The number of hydrogen-bond donors (Lipinski definition) is 1. The highest BCUT2D eigenvalue weighted by atomic mass is 14.8. The molecule has 2 fully saturated rings. The van der Waals surface area contributed by atoms with Crippen LogP contribution in [0.2, 0.25) is 0 Å². The number of hydrogen-bond acceptors (Lipinski definition) is 1. The lowest BCUT2D eigenvalue weighted by atomic mass is 9.52. The van der Waals surface area contributed by atoms with Gasteiger partial charge in [0.1, 0.15) is 0 Å². The summed E-state index contributed by atoms with van der Waals surface area (Å²) in [5, 5.41) is 0. The zero-order valence-electron chi connectivity index (χ0n) is 11.2. The van der Waals surface area contributed by atoms with Gasteiger partial charge in [-0.25, -0.2) is 0 Å². The molecule has 4 atom stereocenters. The van der Waals surface area contributed by atoms with E-state index in [1.807, 2.05) is 0 Å². The summed E-state index contributed by atoms with van der Waals surface area (Å²) in [6.45, 7) is 11.1. The molecule has 0 amide bonds. The molecule has 0 aliphatic heterocycles. The van der Waals surface area contributed by atoms with E-state index in [0.29, 0.717) is 11.3 Å². The fourth-order valence-corrected chi connectivity index (χ4v) is 4.22. The van der Waals surface area contributed by atoms with E-state index in [-0.39, 0.29) is 5.54 Å². The summed E-state index contributed by atoms with van der Waals surface area (Å²) in [7, 11) is 0. The molecule has 0 heterocycles. The third-order valence-electron chi connectivity index (χ3n) is 5.38. The summed E-state index contributed by atoms with van der Waals surface area (Å²) in [5.41, 5.74) is 8.48. The first-order chi connectivity index (χ1) is 7.35. The normalized spacial score (nSPS) is 48.5. The molecule has 2 rings (SSSR count). The smallest absolute Gasteiger partial charge is 0.0159 e. The van der Waals surface area contributed by atoms with Crippen LogP contribution in [0.5, 0.6) is 0 Å². The highest BCUT2D eigenvalue weighted by molar-refractivity contribution is 5.08. The molecule has 2 aliphatic carbocycles. The predicted octanol–water partition coefficient (Wildman–Crippen LogP) is 3.89. The second kappa shape index (κ2) is 3.87. The Balaban J connectivity index is 2.21. The molecule has 0 aromatic heterocycles. The van der Waals surface area contributed by atoms with E-state index in [1.54, 1.807) is 0 Å². The van der Waals surface area contributed by atoms with Gasteiger partial charge in [0.2, 0.25) is 0 Å². The highest BCUT2D eigenvalue weighted by Crippen LogP contribution is 2.55. The Morgan fingerprint density at radius 2 is 1.94 bits per heavy atom. The third kappa shape index (κ3) is 1.95. The molecule has 2 N–H and O–H groups in total. The zero-order chi connectivity index (χ0) is 12.0. The van der Waals surface area contributed by atoms with Gasteiger partial charge < -0.3 is 5.73 Å². The van der Waals surface area contributed by atoms with Gasteiger partial charge in [0.05, 0.1) is 0 Å². The van der Waals surface area contributed by atoms with Crippen molar-refractivity contribution in [2.24, 2.45) is 23.0 Å². The maximum atomic E-state index is 6.55. The van der Waals surface area contributed by atoms with Crippen LogP contribution in [0.15, 0.2) is 12.2 Å². The third-order valence-corrected chi connectivity index (χ3v) is 5.38. The van der Waals surface area contributed by atoms with Crippen molar-refractivity contribution in [2.45, 2.75) is 64.8 Å². The SMILES string of the molecule is C=C(C)[C@@H]1CC[C@@]2(C)CCC[C@](C)(N)[C@@H]2C1. The molecule has 0 unspecified atom stereocenters. The zero-order valence-corrected chi connectivity index (χ0v) is 11.2. The van der Waals surface area contributed by atoms with E-state index in [4.69, 9.17) is 5.73 Å². The molecule has 0 radical (unpaired) electrons. The van der Waals surface area contributed by atoms with Gasteiger partial charge in [-0.3, -0.25) is 0 Å². The van der Waals surface area contributed by atoms with Crippen molar-refractivity contribution in [1.29, 1.82) is 0 Å². The number of allylic oxidation sites excluding steroid dienone is 1. The molecule has 2 aliphatic rings. The summed E-state index contributed by atoms with van der Waals surface area (Å²) >= 11 is 0. The van der Waals surface area contributed by atoms with Crippen molar-refractivity contribution in [1.82, 2.24) is 0 Å². The van der Waals surface area contributed by atoms with Crippen LogP contribution in [0.4, 0.5) is 0 Å². The van der Waals surface area contributed by atoms with E-state index < -0.39 is 0 Å². The fraction of sp³-hybridized carbons (Fsp3) is 0.867. The Morgan fingerprint density at radius 1 is 1.25 bits per heavy atom. The lowest BCUT2D eigenvalue weighted by molar-refractivity contribution is -0.00848. The highest BCUT2D eigenvalue weighted by Gasteiger charge is 2.49. The fourth-order valence-electron chi connectivity index (χ4n) is 4.22. The van der Waals surface area contributed by atoms with E-state index in [2.05, 4.69) is 27.4 Å². The van der Waals surface area contributed by atoms with Crippen LogP contribution in [-0.2, 0) is 0 Å². The second-order valence-electron chi connectivity index (χ2n) is 6.88. The van der Waals surface area contributed by atoms with Crippen molar-refractivity contribution in [3.8, 4) is 0 Å². The summed E-state index contributed by atoms with van der Waals surface area (Å²) in [6, 6.07) is 0. The lowest BCUT2D eigenvalue weighted by Gasteiger charge is -2.55. The van der Waals surface area contributed by atoms with Crippen LogP contribution in [0.1, 0.15) is 59.3 Å². The molecule has 2 saturated carbocycles. The minimum Gasteiger partial charge on any atom is -0.325 e. The minimum atomic E-state index is 0.0567. The summed E-state index contributed by atoms with van der Waals surface area (Å²) in [6.07, 6.45) is 7.86. The van der Waals surface area contributed by atoms with Crippen LogP contribution in [0.25, 0.3) is 0 Å². The summed E-state index contributed by atoms with van der Waals surface area (Å²) in [5.74, 6) is 1.42. The van der Waals surface area contributed by atoms with E-state index >= 15 is 0 Å². The van der Waals surface area contributed by atoms with Gasteiger partial charge in [-0.15, -0.1) is 0 Å². The van der Waals surface area contributed by atoms with E-state index in [1.165, 1.54) is 44.1 Å². The van der Waals surface area contributed by atoms with Crippen molar-refractivity contribution >= 4 is 0 Å². The molecule has 0 spiro atoms. The monoisotopic (exact) mass is 221 g/mol. The number of rotatable bonds is 1. The first kappa shape index (κ1) is 12.2. The molecular formula is C15H27N. The Bertz CT molecular complexity index is 292. The van der Waals surface area contributed by atoms with Gasteiger partial charge in [0.25, 0.3) is 0 Å². The largest absolute Gasteiger partial charge is 0.325 e. The standard InChI is InChI=1S/C15H27N/c1-11(2)12-6-9-14(3)7-5-8-15(4,16)13(14)10-12/h12-13H,1,5-10,16H2,2-4H3/t12-,13-,14-,15+/m1/s1. The summed E-state index contributed by atoms with van der Waals surface area (Å²) in [4.78, 5) is 0. The molecule has 1 heteroatoms. The molecular weight excluding hydrogens is 194 g/mol. The predicted molar refractivity (Wildman–Crippen MR) is 70.2 cm³/mol. The Morgan fingerprint density at radius 3 is 2.56 bits per heavy atom. The van der Waals surface area contributed by atoms with Crippen LogP contribution in [0.3, 0.4) is 0 Å². The van der Waals surface area contributed by atoms with Gasteiger partial charge >= 0.3 is 0 Å². The second-order valence-corrected chi connectivity index (χ2v) is 6.88. The topological polar surface area (TPSA) is 26.0 Å². The van der Waals surface area contributed by atoms with Crippen LogP contribution in [0, 0.1) is 17.3 Å². The quantitative estimate of drug-likeness (QED) is 0.668. The van der Waals surface area contributed by atoms with Crippen molar-refractivity contribution in [3.63, 3.8) is 0 Å². The van der Waals surface area contributed by atoms with Crippen LogP contribution >= 0.6 is 0 Å². The van der Waals surface area contributed by atoms with Crippen molar-refractivity contribution in [3.05, 3.63) is 12.2 Å².